The molecule has 1 aromatic rings. The van der Waals surface area contributed by atoms with Crippen molar-refractivity contribution in [3.63, 3.8) is 0 Å². The summed E-state index contributed by atoms with van der Waals surface area (Å²) in [6.45, 7) is 4.54. The average molecular weight is 237 g/mol. The zero-order chi connectivity index (χ0) is 11.5. The molecule has 0 radical (unpaired) electrons. The molecule has 0 fully saturated rings. The molecule has 1 atom stereocenters. The van der Waals surface area contributed by atoms with E-state index in [2.05, 4.69) is 32.0 Å². The minimum atomic E-state index is 0.535. The molecule has 1 aliphatic carbocycles. The fourth-order valence-electron chi connectivity index (χ4n) is 2.70. The molecule has 1 unspecified atom stereocenters. The van der Waals surface area contributed by atoms with Crippen molar-refractivity contribution in [2.24, 2.45) is 5.92 Å². The van der Waals surface area contributed by atoms with E-state index < -0.39 is 0 Å². The summed E-state index contributed by atoms with van der Waals surface area (Å²) in [6.07, 6.45) is 5.06. The molecule has 0 heterocycles. The molecule has 0 amide bonds. The molecule has 0 N–H and O–H groups in total. The maximum absolute atomic E-state index is 6.10. The molecule has 0 saturated heterocycles. The van der Waals surface area contributed by atoms with Crippen LogP contribution in [0.3, 0.4) is 0 Å². The van der Waals surface area contributed by atoms with Gasteiger partial charge in [-0.1, -0.05) is 32.0 Å². The topological polar surface area (TPSA) is 0 Å². The molecule has 88 valence electrons. The lowest BCUT2D eigenvalue weighted by atomic mass is 9.90. The molecule has 2 rings (SSSR count). The number of fused-ring (bicyclic) bond motifs is 1. The number of hydrogen-bond acceptors (Lipinski definition) is 0. The Morgan fingerprint density at radius 3 is 2.62 bits per heavy atom. The first-order chi connectivity index (χ1) is 7.70. The summed E-state index contributed by atoms with van der Waals surface area (Å²) < 4.78 is 0. The first kappa shape index (κ1) is 12.0. The average Bonchev–Trinajstić information content (AvgIpc) is 2.72. The van der Waals surface area contributed by atoms with Crippen LogP contribution < -0.4 is 0 Å². The smallest absolute Gasteiger partial charge is 0.0292 e. The van der Waals surface area contributed by atoms with Crippen molar-refractivity contribution in [2.75, 3.05) is 5.88 Å². The van der Waals surface area contributed by atoms with Gasteiger partial charge in [-0.3, -0.25) is 0 Å². The minimum absolute atomic E-state index is 0.535. The van der Waals surface area contributed by atoms with Gasteiger partial charge in [0.2, 0.25) is 0 Å². The Morgan fingerprint density at radius 2 is 1.94 bits per heavy atom. The van der Waals surface area contributed by atoms with E-state index in [1.54, 1.807) is 11.1 Å². The van der Waals surface area contributed by atoms with Crippen molar-refractivity contribution in [3.8, 4) is 0 Å². The highest BCUT2D eigenvalue weighted by molar-refractivity contribution is 6.18. The molecule has 0 aromatic heterocycles. The third kappa shape index (κ3) is 2.60. The van der Waals surface area contributed by atoms with Crippen molar-refractivity contribution in [3.05, 3.63) is 34.9 Å². The largest absolute Gasteiger partial charge is 0.126 e. The van der Waals surface area contributed by atoms with Crippen LogP contribution in [-0.2, 0) is 12.8 Å². The highest BCUT2D eigenvalue weighted by Gasteiger charge is 2.16. The Morgan fingerprint density at radius 1 is 1.19 bits per heavy atom. The molecule has 1 aliphatic rings. The second-order valence-corrected chi connectivity index (χ2v) is 5.67. The van der Waals surface area contributed by atoms with Gasteiger partial charge in [0, 0.05) is 5.88 Å². The van der Waals surface area contributed by atoms with E-state index in [1.165, 1.54) is 31.2 Å². The van der Waals surface area contributed by atoms with E-state index in [1.807, 2.05) is 0 Å². The first-order valence-corrected chi connectivity index (χ1v) is 6.92. The lowest BCUT2D eigenvalue weighted by molar-refractivity contribution is 0.526. The van der Waals surface area contributed by atoms with Gasteiger partial charge < -0.3 is 0 Å². The quantitative estimate of drug-likeness (QED) is 0.674. The monoisotopic (exact) mass is 236 g/mol. The zero-order valence-electron chi connectivity index (χ0n) is 10.3. The first-order valence-electron chi connectivity index (χ1n) is 6.38. The number of alkyl halides is 1. The van der Waals surface area contributed by atoms with Gasteiger partial charge in [-0.25, -0.2) is 0 Å². The highest BCUT2D eigenvalue weighted by Crippen LogP contribution is 2.30. The van der Waals surface area contributed by atoms with Crippen LogP contribution in [0.5, 0.6) is 0 Å². The van der Waals surface area contributed by atoms with Crippen LogP contribution in [-0.4, -0.2) is 5.88 Å². The zero-order valence-corrected chi connectivity index (χ0v) is 11.1. The number of benzene rings is 1. The Bertz CT molecular complexity index is 354. The van der Waals surface area contributed by atoms with Gasteiger partial charge in [0.1, 0.15) is 0 Å². The molecule has 1 heteroatoms. The van der Waals surface area contributed by atoms with Crippen LogP contribution >= 0.6 is 11.6 Å². The number of hydrogen-bond donors (Lipinski definition) is 0. The molecule has 0 aliphatic heterocycles. The maximum atomic E-state index is 6.10. The number of aryl methyl sites for hydroxylation is 2. The fraction of sp³-hybridized carbons (Fsp3) is 0.600. The molecule has 1 aromatic carbocycles. The van der Waals surface area contributed by atoms with Crippen LogP contribution in [0.1, 0.15) is 49.3 Å². The third-order valence-corrected chi connectivity index (χ3v) is 3.91. The number of halogens is 1. The third-order valence-electron chi connectivity index (χ3n) is 3.54. The fourth-order valence-corrected chi connectivity index (χ4v) is 3.01. The van der Waals surface area contributed by atoms with Crippen LogP contribution in [0.4, 0.5) is 0 Å². The van der Waals surface area contributed by atoms with E-state index in [4.69, 9.17) is 11.6 Å². The summed E-state index contributed by atoms with van der Waals surface area (Å²) in [5.41, 5.74) is 4.57. The van der Waals surface area contributed by atoms with Gasteiger partial charge in [-0.15, -0.1) is 11.6 Å². The Balaban J connectivity index is 2.18. The van der Waals surface area contributed by atoms with E-state index >= 15 is 0 Å². The van der Waals surface area contributed by atoms with Gasteiger partial charge in [0.05, 0.1) is 0 Å². The second-order valence-electron chi connectivity index (χ2n) is 5.36. The molecule has 0 bridgehead atoms. The van der Waals surface area contributed by atoms with Crippen LogP contribution in [0, 0.1) is 5.92 Å². The summed E-state index contributed by atoms with van der Waals surface area (Å²) in [5, 5.41) is 0. The van der Waals surface area contributed by atoms with E-state index in [0.717, 1.165) is 11.8 Å². The predicted molar refractivity (Wildman–Crippen MR) is 71.4 cm³/mol. The molecular formula is C15H21Cl. The summed E-state index contributed by atoms with van der Waals surface area (Å²) in [7, 11) is 0. The minimum Gasteiger partial charge on any atom is -0.126 e. The van der Waals surface area contributed by atoms with Crippen molar-refractivity contribution in [1.82, 2.24) is 0 Å². The lowest BCUT2D eigenvalue weighted by Crippen LogP contribution is -2.05. The van der Waals surface area contributed by atoms with E-state index in [-0.39, 0.29) is 0 Å². The SMILES string of the molecule is CC(C)CC(CCl)c1ccc2c(c1)CCC2. The molecule has 0 spiro atoms. The van der Waals surface area contributed by atoms with Gasteiger partial charge >= 0.3 is 0 Å². The van der Waals surface area contributed by atoms with Crippen LogP contribution in [0.2, 0.25) is 0 Å². The van der Waals surface area contributed by atoms with E-state index in [0.29, 0.717) is 5.92 Å². The van der Waals surface area contributed by atoms with Crippen molar-refractivity contribution in [2.45, 2.75) is 45.4 Å². The molecule has 0 nitrogen and oxygen atoms in total. The summed E-state index contributed by atoms with van der Waals surface area (Å²) in [6, 6.07) is 7.01. The second kappa shape index (κ2) is 5.23. The normalized spacial score (nSPS) is 16.5. The Hall–Kier alpha value is -0.490. The van der Waals surface area contributed by atoms with Crippen molar-refractivity contribution < 1.29 is 0 Å². The van der Waals surface area contributed by atoms with Gasteiger partial charge in [0.15, 0.2) is 0 Å². The maximum Gasteiger partial charge on any atom is 0.0292 e. The van der Waals surface area contributed by atoms with Crippen molar-refractivity contribution in [1.29, 1.82) is 0 Å². The molecule has 16 heavy (non-hydrogen) atoms. The van der Waals surface area contributed by atoms with Crippen LogP contribution in [0.25, 0.3) is 0 Å². The lowest BCUT2D eigenvalue weighted by Gasteiger charge is -2.17. The van der Waals surface area contributed by atoms with Gasteiger partial charge in [-0.05, 0) is 54.2 Å². The standard InChI is InChI=1S/C15H21Cl/c1-11(2)8-15(10-16)14-7-6-12-4-3-5-13(12)9-14/h6-7,9,11,15H,3-5,8,10H2,1-2H3. The van der Waals surface area contributed by atoms with Crippen LogP contribution in [0.15, 0.2) is 18.2 Å². The van der Waals surface area contributed by atoms with Gasteiger partial charge in [0.25, 0.3) is 0 Å². The Kier molecular flexibility index (Phi) is 3.91. The van der Waals surface area contributed by atoms with Crippen molar-refractivity contribution >= 4 is 11.6 Å². The highest BCUT2D eigenvalue weighted by atomic mass is 35.5. The van der Waals surface area contributed by atoms with Gasteiger partial charge in [-0.2, -0.15) is 0 Å². The summed E-state index contributed by atoms with van der Waals surface area (Å²) in [4.78, 5) is 0. The van der Waals surface area contributed by atoms with E-state index in [9.17, 15) is 0 Å². The predicted octanol–water partition coefficient (Wildman–Crippen LogP) is 4.54. The summed E-state index contributed by atoms with van der Waals surface area (Å²) in [5.74, 6) is 2.00. The Labute approximate surface area is 104 Å². The molecular weight excluding hydrogens is 216 g/mol. The molecule has 0 saturated carbocycles. The summed E-state index contributed by atoms with van der Waals surface area (Å²) >= 11 is 6.10. The number of rotatable bonds is 4.